The number of carbonyl (C=O) groups excluding carboxylic acids is 2. The second-order valence-electron chi connectivity index (χ2n) is 8.27. The first-order valence-electron chi connectivity index (χ1n) is 10.4. The summed E-state index contributed by atoms with van der Waals surface area (Å²) in [6.45, 7) is 13.3. The monoisotopic (exact) mass is 402 g/mol. The molecule has 2 rings (SSSR count). The molecule has 1 aliphatic carbocycles. The van der Waals surface area contributed by atoms with Gasteiger partial charge < -0.3 is 14.2 Å². The van der Waals surface area contributed by atoms with Gasteiger partial charge in [0, 0.05) is 31.8 Å². The van der Waals surface area contributed by atoms with E-state index in [4.69, 9.17) is 14.2 Å². The normalized spacial score (nSPS) is 27.3. The van der Waals surface area contributed by atoms with Crippen molar-refractivity contribution in [1.82, 2.24) is 0 Å². The van der Waals surface area contributed by atoms with Gasteiger partial charge in [-0.25, -0.2) is 0 Å². The summed E-state index contributed by atoms with van der Waals surface area (Å²) >= 11 is 0. The van der Waals surface area contributed by atoms with Crippen molar-refractivity contribution in [3.05, 3.63) is 47.3 Å². The lowest BCUT2D eigenvalue weighted by atomic mass is 9.74. The maximum atomic E-state index is 11.8. The number of carbonyl (C=O) groups is 2. The third kappa shape index (κ3) is 6.62. The zero-order chi connectivity index (χ0) is 21.6. The zero-order valence-corrected chi connectivity index (χ0v) is 18.3. The van der Waals surface area contributed by atoms with Crippen LogP contribution in [0.25, 0.3) is 0 Å². The topological polar surface area (TPSA) is 61.8 Å². The molecule has 1 aliphatic heterocycles. The lowest BCUT2D eigenvalue weighted by Gasteiger charge is -2.40. The molecular weight excluding hydrogens is 368 g/mol. The van der Waals surface area contributed by atoms with Gasteiger partial charge in [-0.15, -0.1) is 0 Å². The highest BCUT2D eigenvalue weighted by molar-refractivity contribution is 5.67. The second kappa shape index (κ2) is 10.5. The molecule has 0 bridgehead atoms. The van der Waals surface area contributed by atoms with Crippen LogP contribution in [0.15, 0.2) is 47.3 Å². The van der Waals surface area contributed by atoms with Crippen LogP contribution in [0.4, 0.5) is 0 Å². The summed E-state index contributed by atoms with van der Waals surface area (Å²) in [7, 11) is 0. The Morgan fingerprint density at radius 1 is 1.24 bits per heavy atom. The molecule has 0 spiro atoms. The van der Waals surface area contributed by atoms with Crippen molar-refractivity contribution >= 4 is 11.9 Å². The fourth-order valence-corrected chi connectivity index (χ4v) is 4.07. The highest BCUT2D eigenvalue weighted by atomic mass is 16.7. The van der Waals surface area contributed by atoms with Gasteiger partial charge in [-0.1, -0.05) is 35.5 Å². The minimum Gasteiger partial charge on any atom is -0.462 e. The Morgan fingerprint density at radius 3 is 2.59 bits per heavy atom. The average Bonchev–Trinajstić information content (AvgIpc) is 2.68. The molecule has 0 aromatic heterocycles. The number of ether oxygens (including phenoxy) is 3. The van der Waals surface area contributed by atoms with Gasteiger partial charge in [-0.2, -0.15) is 0 Å². The highest BCUT2D eigenvalue weighted by Gasteiger charge is 2.42. The van der Waals surface area contributed by atoms with E-state index in [1.165, 1.54) is 19.4 Å². The van der Waals surface area contributed by atoms with Crippen LogP contribution in [0.3, 0.4) is 0 Å². The Morgan fingerprint density at radius 2 is 1.97 bits per heavy atom. The van der Waals surface area contributed by atoms with Gasteiger partial charge >= 0.3 is 11.9 Å². The molecule has 0 radical (unpaired) electrons. The number of hydrogen-bond donors (Lipinski definition) is 0. The number of fused-ring (bicyclic) bond motifs is 1. The van der Waals surface area contributed by atoms with Crippen LogP contribution in [-0.4, -0.2) is 24.3 Å². The van der Waals surface area contributed by atoms with E-state index in [1.54, 1.807) is 6.26 Å². The summed E-state index contributed by atoms with van der Waals surface area (Å²) in [4.78, 5) is 23.5. The first-order chi connectivity index (χ1) is 13.7. The van der Waals surface area contributed by atoms with Crippen LogP contribution in [0.2, 0.25) is 0 Å². The fraction of sp³-hybridized carbons (Fsp3) is 0.583. The van der Waals surface area contributed by atoms with Crippen LogP contribution in [0.1, 0.15) is 66.7 Å². The van der Waals surface area contributed by atoms with Gasteiger partial charge in [0.15, 0.2) is 0 Å². The summed E-state index contributed by atoms with van der Waals surface area (Å²) in [5.41, 5.74) is 4.43. The van der Waals surface area contributed by atoms with E-state index in [-0.39, 0.29) is 23.8 Å². The van der Waals surface area contributed by atoms with Gasteiger partial charge in [0.25, 0.3) is 0 Å². The van der Waals surface area contributed by atoms with E-state index >= 15 is 0 Å². The first kappa shape index (κ1) is 23.0. The Kier molecular flexibility index (Phi) is 8.30. The van der Waals surface area contributed by atoms with Crippen molar-refractivity contribution in [2.24, 2.45) is 11.8 Å². The first-order valence-corrected chi connectivity index (χ1v) is 10.4. The smallest absolute Gasteiger partial charge is 0.305 e. The van der Waals surface area contributed by atoms with E-state index in [0.29, 0.717) is 6.42 Å². The van der Waals surface area contributed by atoms with Gasteiger partial charge in [0.2, 0.25) is 6.29 Å². The molecular formula is C24H34O5. The minimum atomic E-state index is -0.700. The van der Waals surface area contributed by atoms with Crippen LogP contribution in [-0.2, 0) is 23.8 Å². The standard InChI is InChI=1S/C24H34O5/c1-15(2)10-13-22(28-18(5)25)21-14-27-24(29-19(6)26)23-17(4)9-7-8-16(3)11-12-20(21)23/h8,10,14,20,22-24H,4,7,9,11-13H2,1-3,5-6H3/b16-8+/t20-,22+,23+,24+/m0/s1. The maximum Gasteiger partial charge on any atom is 0.305 e. The number of esters is 2. The minimum absolute atomic E-state index is 0.0250. The molecule has 0 amide bonds. The van der Waals surface area contributed by atoms with Crippen LogP contribution in [0.5, 0.6) is 0 Å². The second-order valence-corrected chi connectivity index (χ2v) is 8.27. The van der Waals surface area contributed by atoms with Gasteiger partial charge in [-0.05, 0) is 46.5 Å². The average molecular weight is 403 g/mol. The Bertz CT molecular complexity index is 724. The third-order valence-electron chi connectivity index (χ3n) is 5.47. The summed E-state index contributed by atoms with van der Waals surface area (Å²) in [6.07, 6.45) is 8.92. The molecule has 160 valence electrons. The van der Waals surface area contributed by atoms with Gasteiger partial charge in [0.05, 0.1) is 12.2 Å². The zero-order valence-electron chi connectivity index (χ0n) is 18.3. The predicted octanol–water partition coefficient (Wildman–Crippen LogP) is 5.39. The van der Waals surface area contributed by atoms with Crippen LogP contribution >= 0.6 is 0 Å². The van der Waals surface area contributed by atoms with Crippen molar-refractivity contribution in [2.45, 2.75) is 79.1 Å². The van der Waals surface area contributed by atoms with E-state index in [2.05, 4.69) is 25.7 Å². The van der Waals surface area contributed by atoms with Crippen molar-refractivity contribution in [2.75, 3.05) is 0 Å². The maximum absolute atomic E-state index is 11.8. The molecule has 0 N–H and O–H groups in total. The van der Waals surface area contributed by atoms with Crippen LogP contribution < -0.4 is 0 Å². The van der Waals surface area contributed by atoms with Crippen molar-refractivity contribution in [3.63, 3.8) is 0 Å². The van der Waals surface area contributed by atoms with E-state index < -0.39 is 12.4 Å². The molecule has 0 unspecified atom stereocenters. The van der Waals surface area contributed by atoms with E-state index in [1.807, 2.05) is 13.8 Å². The Labute approximate surface area is 174 Å². The van der Waals surface area contributed by atoms with E-state index in [9.17, 15) is 9.59 Å². The fourth-order valence-electron chi connectivity index (χ4n) is 4.07. The molecule has 1 heterocycles. The van der Waals surface area contributed by atoms with Crippen molar-refractivity contribution in [3.8, 4) is 0 Å². The largest absolute Gasteiger partial charge is 0.462 e. The lowest BCUT2D eigenvalue weighted by molar-refractivity contribution is -0.181. The molecule has 4 atom stereocenters. The lowest BCUT2D eigenvalue weighted by Crippen LogP contribution is -2.41. The molecule has 5 nitrogen and oxygen atoms in total. The van der Waals surface area contributed by atoms with Crippen LogP contribution in [0, 0.1) is 11.8 Å². The predicted molar refractivity (Wildman–Crippen MR) is 113 cm³/mol. The van der Waals surface area contributed by atoms with Crippen molar-refractivity contribution in [1.29, 1.82) is 0 Å². The Hall–Kier alpha value is -2.30. The van der Waals surface area contributed by atoms with Crippen molar-refractivity contribution < 1.29 is 23.8 Å². The highest BCUT2D eigenvalue weighted by Crippen LogP contribution is 2.43. The van der Waals surface area contributed by atoms with E-state index in [0.717, 1.165) is 42.4 Å². The summed E-state index contributed by atoms with van der Waals surface area (Å²) in [5.74, 6) is -0.844. The quantitative estimate of drug-likeness (QED) is 0.456. The Balaban J connectivity index is 2.45. The summed E-state index contributed by atoms with van der Waals surface area (Å²) in [5, 5.41) is 0. The molecule has 2 aliphatic rings. The number of hydrogen-bond acceptors (Lipinski definition) is 5. The summed E-state index contributed by atoms with van der Waals surface area (Å²) < 4.78 is 17.1. The van der Waals surface area contributed by atoms with Gasteiger partial charge in [-0.3, -0.25) is 9.59 Å². The molecule has 0 fully saturated rings. The number of allylic oxidation sites excluding steroid dienone is 3. The molecule has 29 heavy (non-hydrogen) atoms. The third-order valence-corrected chi connectivity index (χ3v) is 5.47. The summed E-state index contributed by atoms with van der Waals surface area (Å²) in [6, 6.07) is 0. The molecule has 0 saturated heterocycles. The molecule has 0 aromatic rings. The SMILES string of the molecule is C=C1CC/C=C(\C)CC[C@H]2C([C@@H](CC=C(C)C)OC(C)=O)=CO[C@H](OC(C)=O)[C@H]12. The molecule has 0 saturated carbocycles. The molecule has 0 aromatic carbocycles. The van der Waals surface area contributed by atoms with Gasteiger partial charge in [0.1, 0.15) is 6.10 Å². The molecule has 5 heteroatoms. The number of rotatable bonds is 5.